The zero-order chi connectivity index (χ0) is 46.9. The van der Waals surface area contributed by atoms with E-state index in [1.54, 1.807) is 12.4 Å². The lowest BCUT2D eigenvalue weighted by Gasteiger charge is -2.01. The standard InChI is InChI=1S/C21H26N2.C20H24N2.C19H22N2/c1-3-5-6-7-9-18-10-12-19(13-11-18)14-15-21-22-16-20(8-4-2)17-23-21;1-3-5-6-7-8-18-9-11-19(12-10-18)13-14-20-21-15-17(4-2)16-22-20;1-3-4-5-6-7-17-8-10-18(11-9-17)12-13-19-20-14-16(2)15-21-19/h10-13,16-17H,3-9H2,1-2H3;9-12,15-16H,3-8H2,1-2H3;8-11,14-15H,3-7H2,1-2H3. The van der Waals surface area contributed by atoms with Gasteiger partial charge in [-0.2, -0.15) is 0 Å². The van der Waals surface area contributed by atoms with Crippen molar-refractivity contribution in [3.63, 3.8) is 0 Å². The van der Waals surface area contributed by atoms with Gasteiger partial charge in [-0.05, 0) is 146 Å². The molecule has 0 bridgehead atoms. The van der Waals surface area contributed by atoms with E-state index in [0.29, 0.717) is 17.5 Å². The number of aryl methyl sites for hydroxylation is 6. The normalized spacial score (nSPS) is 10.1. The third-order valence-electron chi connectivity index (χ3n) is 10.9. The molecule has 342 valence electrons. The molecule has 0 atom stereocenters. The summed E-state index contributed by atoms with van der Waals surface area (Å²) in [7, 11) is 0. The van der Waals surface area contributed by atoms with Crippen molar-refractivity contribution < 1.29 is 0 Å². The van der Waals surface area contributed by atoms with E-state index >= 15 is 0 Å². The van der Waals surface area contributed by atoms with Crippen molar-refractivity contribution in [1.82, 2.24) is 29.9 Å². The molecule has 0 N–H and O–H groups in total. The largest absolute Gasteiger partial charge is 0.229 e. The minimum absolute atomic E-state index is 0.573. The zero-order valence-corrected chi connectivity index (χ0v) is 40.8. The van der Waals surface area contributed by atoms with Crippen molar-refractivity contribution in [1.29, 1.82) is 0 Å². The summed E-state index contributed by atoms with van der Waals surface area (Å²) >= 11 is 0. The number of unbranched alkanes of at least 4 members (excludes halogenated alkanes) is 9. The van der Waals surface area contributed by atoms with Crippen molar-refractivity contribution in [2.75, 3.05) is 0 Å². The molecule has 0 spiro atoms. The second-order valence-corrected chi connectivity index (χ2v) is 16.8. The first kappa shape index (κ1) is 52.2. The molecule has 0 amide bonds. The van der Waals surface area contributed by atoms with Crippen LogP contribution in [0.25, 0.3) is 0 Å². The Hall–Kier alpha value is -6.42. The van der Waals surface area contributed by atoms with Gasteiger partial charge in [-0.15, -0.1) is 0 Å². The quantitative estimate of drug-likeness (QED) is 0.0632. The number of rotatable bonds is 18. The highest BCUT2D eigenvalue weighted by atomic mass is 14.9. The van der Waals surface area contributed by atoms with E-state index < -0.39 is 0 Å². The number of hydrogen-bond acceptors (Lipinski definition) is 6. The van der Waals surface area contributed by atoms with Gasteiger partial charge >= 0.3 is 0 Å². The molecule has 0 saturated heterocycles. The first-order valence-corrected chi connectivity index (χ1v) is 24.6. The Bertz CT molecular complexity index is 2400. The van der Waals surface area contributed by atoms with E-state index in [4.69, 9.17) is 0 Å². The fourth-order valence-corrected chi connectivity index (χ4v) is 6.81. The van der Waals surface area contributed by atoms with E-state index in [1.165, 1.54) is 99.3 Å². The molecule has 3 aromatic carbocycles. The summed E-state index contributed by atoms with van der Waals surface area (Å²) < 4.78 is 0. The maximum absolute atomic E-state index is 4.30. The Morgan fingerprint density at radius 3 is 0.924 bits per heavy atom. The van der Waals surface area contributed by atoms with Gasteiger partial charge in [0.15, 0.2) is 0 Å². The zero-order valence-electron chi connectivity index (χ0n) is 40.8. The molecule has 0 fully saturated rings. The topological polar surface area (TPSA) is 77.3 Å². The minimum atomic E-state index is 0.573. The fraction of sp³-hybridized carbons (Fsp3) is 0.400. The van der Waals surface area contributed by atoms with Crippen LogP contribution in [0.5, 0.6) is 0 Å². The predicted octanol–water partition coefficient (Wildman–Crippen LogP) is 13.8. The highest BCUT2D eigenvalue weighted by molar-refractivity contribution is 5.41. The molecule has 0 aliphatic heterocycles. The van der Waals surface area contributed by atoms with Crippen LogP contribution in [-0.2, 0) is 32.1 Å². The molecule has 66 heavy (non-hydrogen) atoms. The third-order valence-corrected chi connectivity index (χ3v) is 10.9. The van der Waals surface area contributed by atoms with Crippen LogP contribution in [0.2, 0.25) is 0 Å². The Morgan fingerprint density at radius 2 is 0.621 bits per heavy atom. The van der Waals surface area contributed by atoms with Gasteiger partial charge < -0.3 is 0 Å². The first-order chi connectivity index (χ1) is 32.4. The lowest BCUT2D eigenvalue weighted by Crippen LogP contribution is -1.92. The molecule has 0 aliphatic carbocycles. The Labute approximate surface area is 398 Å². The average molecular weight is 877 g/mol. The van der Waals surface area contributed by atoms with E-state index in [0.717, 1.165) is 66.3 Å². The minimum Gasteiger partial charge on any atom is -0.229 e. The number of hydrogen-bond donors (Lipinski definition) is 0. The first-order valence-electron chi connectivity index (χ1n) is 24.6. The van der Waals surface area contributed by atoms with Gasteiger partial charge in [0.1, 0.15) is 0 Å². The Balaban J connectivity index is 0.000000217. The highest BCUT2D eigenvalue weighted by Crippen LogP contribution is 2.12. The maximum atomic E-state index is 4.30. The number of nitrogens with zero attached hydrogens (tertiary/aromatic N) is 6. The molecule has 6 heteroatoms. The van der Waals surface area contributed by atoms with Gasteiger partial charge in [0.25, 0.3) is 0 Å². The van der Waals surface area contributed by atoms with Gasteiger partial charge in [-0.1, -0.05) is 153 Å². The second-order valence-electron chi connectivity index (χ2n) is 16.8. The third kappa shape index (κ3) is 22.0. The van der Waals surface area contributed by atoms with Gasteiger partial charge in [0.05, 0.1) is 0 Å². The van der Waals surface area contributed by atoms with Crippen LogP contribution < -0.4 is 0 Å². The lowest BCUT2D eigenvalue weighted by molar-refractivity contribution is 0.667. The van der Waals surface area contributed by atoms with Gasteiger partial charge in [-0.25, -0.2) is 29.9 Å². The van der Waals surface area contributed by atoms with Crippen molar-refractivity contribution in [2.24, 2.45) is 0 Å². The predicted molar refractivity (Wildman–Crippen MR) is 275 cm³/mol. The molecule has 0 saturated carbocycles. The maximum Gasteiger partial charge on any atom is 0.205 e. The smallest absolute Gasteiger partial charge is 0.205 e. The molecular weight excluding hydrogens is 805 g/mol. The second kappa shape index (κ2) is 32.3. The molecule has 6 aromatic rings. The number of benzene rings is 3. The SMILES string of the molecule is CCCCCCc1ccc(C#Cc2ncc(C)cn2)cc1.CCCCCCc1ccc(C#Cc2ncc(CC)cn2)cc1.CCCCCCc1ccc(C#Cc2ncc(CCC)cn2)cc1. The van der Waals surface area contributed by atoms with Crippen molar-refractivity contribution in [3.05, 3.63) is 178 Å². The van der Waals surface area contributed by atoms with E-state index in [1.807, 2.05) is 31.7 Å². The summed E-state index contributed by atoms with van der Waals surface area (Å²) in [5.41, 5.74) is 10.6. The highest BCUT2D eigenvalue weighted by Gasteiger charge is 1.99. The molecule has 0 aliphatic rings. The molecule has 3 heterocycles. The summed E-state index contributed by atoms with van der Waals surface area (Å²) in [5, 5.41) is 0. The Morgan fingerprint density at radius 1 is 0.303 bits per heavy atom. The van der Waals surface area contributed by atoms with Crippen LogP contribution in [-0.4, -0.2) is 29.9 Å². The van der Waals surface area contributed by atoms with Crippen molar-refractivity contribution in [2.45, 2.75) is 157 Å². The molecule has 0 unspecified atom stereocenters. The molecule has 0 radical (unpaired) electrons. The number of aromatic nitrogens is 6. The van der Waals surface area contributed by atoms with Crippen LogP contribution in [0, 0.1) is 42.4 Å². The summed E-state index contributed by atoms with van der Waals surface area (Å²) in [4.78, 5) is 25.5. The summed E-state index contributed by atoms with van der Waals surface area (Å²) in [6, 6.07) is 25.6. The van der Waals surface area contributed by atoms with Gasteiger partial charge in [-0.3, -0.25) is 0 Å². The van der Waals surface area contributed by atoms with Crippen LogP contribution in [0.15, 0.2) is 110 Å². The van der Waals surface area contributed by atoms with E-state index in [2.05, 4.69) is 173 Å². The van der Waals surface area contributed by atoms with Crippen LogP contribution in [0.4, 0.5) is 0 Å². The van der Waals surface area contributed by atoms with Crippen molar-refractivity contribution in [3.8, 4) is 35.5 Å². The van der Waals surface area contributed by atoms with Gasteiger partial charge in [0.2, 0.25) is 17.5 Å². The summed E-state index contributed by atoms with van der Waals surface area (Å²) in [5.74, 6) is 20.2. The summed E-state index contributed by atoms with van der Waals surface area (Å²) in [6.07, 6.45) is 33.2. The van der Waals surface area contributed by atoms with E-state index in [-0.39, 0.29) is 0 Å². The summed E-state index contributed by atoms with van der Waals surface area (Å²) in [6.45, 7) is 12.9. The molecular formula is C60H72N6. The Kier molecular flexibility index (Phi) is 25.5. The molecule has 6 rings (SSSR count). The fourth-order valence-electron chi connectivity index (χ4n) is 6.81. The average Bonchev–Trinajstić information content (AvgIpc) is 3.36. The van der Waals surface area contributed by atoms with Gasteiger partial charge in [0, 0.05) is 53.9 Å². The van der Waals surface area contributed by atoms with Crippen LogP contribution in [0.1, 0.15) is 186 Å². The lowest BCUT2D eigenvalue weighted by atomic mass is 10.0. The molecule has 3 aromatic heterocycles. The van der Waals surface area contributed by atoms with Crippen LogP contribution >= 0.6 is 0 Å². The van der Waals surface area contributed by atoms with Crippen LogP contribution in [0.3, 0.4) is 0 Å². The molecule has 6 nitrogen and oxygen atoms in total. The monoisotopic (exact) mass is 877 g/mol. The van der Waals surface area contributed by atoms with E-state index in [9.17, 15) is 0 Å². The van der Waals surface area contributed by atoms with Crippen molar-refractivity contribution >= 4 is 0 Å².